The van der Waals surface area contributed by atoms with Crippen molar-refractivity contribution in [1.29, 1.82) is 0 Å². The van der Waals surface area contributed by atoms with Gasteiger partial charge in [-0.3, -0.25) is 27.8 Å². The largest absolute Gasteiger partial charge is 1.00 e. The van der Waals surface area contributed by atoms with Gasteiger partial charge < -0.3 is 49.3 Å². The van der Waals surface area contributed by atoms with Crippen molar-refractivity contribution < 1.29 is 137 Å². The molecule has 5 N–H and O–H groups in total. The van der Waals surface area contributed by atoms with Crippen molar-refractivity contribution >= 4 is 40.6 Å². The van der Waals surface area contributed by atoms with E-state index >= 15 is 0 Å². The first-order chi connectivity index (χ1) is 14.6. The molecule has 0 aliphatic carbocycles. The molecule has 19 nitrogen and oxygen atoms in total. The Balaban J connectivity index is 0. The van der Waals surface area contributed by atoms with Crippen molar-refractivity contribution in [2.24, 2.45) is 0 Å². The molecule has 0 saturated carbocycles. The van der Waals surface area contributed by atoms with Crippen LogP contribution in [0.2, 0.25) is 0 Å². The number of fused-ring (bicyclic) bond motifs is 1. The monoisotopic (exact) mass is 547 g/mol. The molecule has 1 aliphatic rings. The number of H-pyrrole nitrogens is 1. The number of ether oxygens (including phenoxy) is 1. The van der Waals surface area contributed by atoms with Crippen LogP contribution in [0.1, 0.15) is 6.23 Å². The van der Waals surface area contributed by atoms with Crippen LogP contribution in [0.3, 0.4) is 0 Å². The van der Waals surface area contributed by atoms with E-state index in [-0.39, 0.29) is 92.6 Å². The van der Waals surface area contributed by atoms with Crippen molar-refractivity contribution in [3.8, 4) is 0 Å². The Hall–Kier alpha value is 0.830. The molecule has 3 heterocycles. The molecule has 180 valence electrons. The van der Waals surface area contributed by atoms with Crippen molar-refractivity contribution in [2.75, 3.05) is 12.3 Å². The number of hydrogen-bond acceptors (Lipinski definition) is 17. The van der Waals surface area contributed by atoms with Crippen LogP contribution in [0.15, 0.2) is 11.1 Å². The zero-order chi connectivity index (χ0) is 24.1. The molecule has 3 rings (SSSR count). The molecule has 0 radical (unpaired) electrons. The number of anilines is 1. The summed E-state index contributed by atoms with van der Waals surface area (Å²) in [6.45, 7) is -1.13. The number of aromatic nitrogens is 4. The Labute approximate surface area is 249 Å². The topological polar surface area (TPSA) is 310 Å². The molecular formula is C10H12Li4N5O14P3. The Morgan fingerprint density at radius 1 is 1.06 bits per heavy atom. The maximum Gasteiger partial charge on any atom is 1.00 e. The van der Waals surface area contributed by atoms with E-state index in [1.165, 1.54) is 0 Å². The van der Waals surface area contributed by atoms with Gasteiger partial charge in [0, 0.05) is 0 Å². The third-order valence-electron chi connectivity index (χ3n) is 3.86. The van der Waals surface area contributed by atoms with Gasteiger partial charge in [-0.2, -0.15) is 4.98 Å². The van der Waals surface area contributed by atoms with Crippen LogP contribution in [-0.4, -0.2) is 54.7 Å². The van der Waals surface area contributed by atoms with Crippen molar-refractivity contribution in [3.63, 3.8) is 0 Å². The maximum atomic E-state index is 11.8. The van der Waals surface area contributed by atoms with Crippen LogP contribution < -0.4 is 106 Å². The summed E-state index contributed by atoms with van der Waals surface area (Å²) in [7, 11) is -18.2. The molecule has 2 unspecified atom stereocenters. The summed E-state index contributed by atoms with van der Waals surface area (Å²) in [5.74, 6) is -0.299. The number of rotatable bonds is 8. The predicted octanol–water partition coefficient (Wildman–Crippen LogP) is -16.8. The Kier molecular flexibility index (Phi) is 15.7. The van der Waals surface area contributed by atoms with Crippen molar-refractivity contribution in [1.82, 2.24) is 19.5 Å². The van der Waals surface area contributed by atoms with E-state index in [0.29, 0.717) is 0 Å². The fourth-order valence-electron chi connectivity index (χ4n) is 2.67. The van der Waals surface area contributed by atoms with E-state index < -0.39 is 60.2 Å². The summed E-state index contributed by atoms with van der Waals surface area (Å²) < 4.78 is 50.0. The Morgan fingerprint density at radius 3 is 2.19 bits per heavy atom. The number of aliphatic hydroxyl groups is 2. The van der Waals surface area contributed by atoms with Gasteiger partial charge in [0.2, 0.25) is 5.95 Å². The van der Waals surface area contributed by atoms with Crippen LogP contribution in [0.4, 0.5) is 5.95 Å². The molecule has 36 heavy (non-hydrogen) atoms. The van der Waals surface area contributed by atoms with Crippen molar-refractivity contribution in [3.05, 3.63) is 16.7 Å². The zero-order valence-electron chi connectivity index (χ0n) is 19.1. The number of imidazole rings is 1. The number of hydrogen-bond donors (Lipinski definition) is 4. The second-order valence-electron chi connectivity index (χ2n) is 6.12. The maximum absolute atomic E-state index is 11.8. The minimum atomic E-state index is -6.17. The van der Waals surface area contributed by atoms with Crippen LogP contribution >= 0.6 is 23.5 Å². The fourth-order valence-corrected chi connectivity index (χ4v) is 5.54. The summed E-state index contributed by atoms with van der Waals surface area (Å²) in [6, 6.07) is 0. The minimum Gasteiger partial charge on any atom is -0.790 e. The normalized spacial score (nSPS) is 24.8. The molecule has 0 bridgehead atoms. The number of phosphoric acid groups is 3. The third-order valence-corrected chi connectivity index (χ3v) is 7.52. The molecular weight excluding hydrogens is 535 g/mol. The van der Waals surface area contributed by atoms with E-state index in [9.17, 15) is 48.3 Å². The molecule has 6 atom stereocenters. The average Bonchev–Trinajstić information content (AvgIpc) is 3.12. The number of aromatic amines is 1. The zero-order valence-corrected chi connectivity index (χ0v) is 21.8. The Morgan fingerprint density at radius 2 is 1.64 bits per heavy atom. The molecule has 0 spiro atoms. The van der Waals surface area contributed by atoms with Gasteiger partial charge in [0.05, 0.1) is 20.8 Å². The number of phosphoric ester groups is 1. The Bertz CT molecular complexity index is 1230. The third kappa shape index (κ3) is 9.78. The number of nitrogens with one attached hydrogen (secondary N) is 1. The number of nitrogens with zero attached hydrogens (tertiary/aromatic N) is 3. The van der Waals surface area contributed by atoms with Crippen molar-refractivity contribution in [2.45, 2.75) is 24.5 Å². The van der Waals surface area contributed by atoms with Gasteiger partial charge in [0.1, 0.15) is 18.3 Å². The summed E-state index contributed by atoms with van der Waals surface area (Å²) in [5, 5.41) is 20.3. The quantitative estimate of drug-likeness (QED) is 0.176. The second kappa shape index (κ2) is 14.5. The van der Waals surface area contributed by atoms with Gasteiger partial charge in [-0.1, -0.05) is 0 Å². The van der Waals surface area contributed by atoms with Gasteiger partial charge in [0.25, 0.3) is 21.2 Å². The molecule has 2 aromatic rings. The minimum absolute atomic E-state index is 0. The van der Waals surface area contributed by atoms with E-state index in [1.807, 2.05) is 0 Å². The second-order valence-corrected chi connectivity index (χ2v) is 10.4. The first-order valence-corrected chi connectivity index (χ1v) is 12.4. The van der Waals surface area contributed by atoms with Gasteiger partial charge >= 0.3 is 75.4 Å². The SMILES string of the molecule is Nc1nc2c(ncn2[C@@H]2O[C@H](COP(=O)([O-])OP(=O)([O-])OP(=O)([O-])[O-])[C@@H](O)[C@H]2O)c(=O)[nH]1.[Li+].[Li+].[Li+].[Li+]. The summed E-state index contributed by atoms with van der Waals surface area (Å²) in [5.41, 5.74) is 4.40. The van der Waals surface area contributed by atoms with E-state index in [4.69, 9.17) is 10.5 Å². The van der Waals surface area contributed by atoms with Gasteiger partial charge in [-0.15, -0.1) is 0 Å². The van der Waals surface area contributed by atoms with Gasteiger partial charge in [0.15, 0.2) is 17.4 Å². The summed E-state index contributed by atoms with van der Waals surface area (Å²) >= 11 is 0. The van der Waals surface area contributed by atoms with Gasteiger partial charge in [-0.25, -0.2) is 9.29 Å². The van der Waals surface area contributed by atoms with Gasteiger partial charge in [-0.05, 0) is 0 Å². The fraction of sp³-hybridized carbons (Fsp3) is 0.500. The number of nitrogens with two attached hydrogens (primary N) is 1. The molecule has 0 aromatic carbocycles. The first-order valence-electron chi connectivity index (χ1n) is 8.04. The van der Waals surface area contributed by atoms with Crippen LogP contribution in [0.5, 0.6) is 0 Å². The summed E-state index contributed by atoms with van der Waals surface area (Å²) in [6.07, 6.45) is -5.61. The van der Waals surface area contributed by atoms with E-state index in [1.54, 1.807) is 0 Å². The van der Waals surface area contributed by atoms with Crippen LogP contribution in [0, 0.1) is 0 Å². The van der Waals surface area contributed by atoms with Crippen LogP contribution in [0.25, 0.3) is 11.2 Å². The van der Waals surface area contributed by atoms with Crippen LogP contribution in [-0.2, 0) is 31.6 Å². The van der Waals surface area contributed by atoms with E-state index in [2.05, 4.69) is 28.1 Å². The molecule has 1 fully saturated rings. The molecule has 2 aromatic heterocycles. The first kappa shape index (κ1) is 39.0. The standard InChI is InChI=1S/C10H16N5O14P3.4Li/c11-10-13-7-4(8(18)14-10)12-2-15(7)9-6(17)5(16)3(27-9)1-26-31(22,23)29-32(24,25)28-30(19,20)21;;;;/h2-3,5-6,9,16-17H,1H2,(H,22,23)(H,24,25)(H2,19,20,21)(H3,11,13,14,18);;;;/q;4*+1/p-4/t3-,5-,6-,9-;;;;/m1..../s1. The predicted molar refractivity (Wildman–Crippen MR) is 89.4 cm³/mol. The molecule has 0 amide bonds. The average molecular weight is 547 g/mol. The smallest absolute Gasteiger partial charge is 0.790 e. The molecule has 26 heteroatoms. The molecule has 1 aliphatic heterocycles. The number of nitrogen functional groups attached to an aromatic ring is 1. The molecule has 1 saturated heterocycles. The van der Waals surface area contributed by atoms with E-state index in [0.717, 1.165) is 10.9 Å². The number of aliphatic hydroxyl groups excluding tert-OH is 2. The summed E-state index contributed by atoms with van der Waals surface area (Å²) in [4.78, 5) is 65.0.